The van der Waals surface area contributed by atoms with Crippen molar-refractivity contribution in [3.8, 4) is 0 Å². The fraction of sp³-hybridized carbons (Fsp3) is 0.353. The van der Waals surface area contributed by atoms with E-state index in [4.69, 9.17) is 5.73 Å². The van der Waals surface area contributed by atoms with Crippen molar-refractivity contribution < 1.29 is 9.90 Å². The van der Waals surface area contributed by atoms with Crippen molar-refractivity contribution in [1.29, 1.82) is 0 Å². The Kier molecular flexibility index (Phi) is 3.18. The molecule has 6 heteroatoms. The molecule has 3 aromatic rings. The molecule has 0 unspecified atom stereocenters. The molecular formula is C17H18N4O2. The highest BCUT2D eigenvalue weighted by molar-refractivity contribution is 6.07. The van der Waals surface area contributed by atoms with Gasteiger partial charge in [0, 0.05) is 6.04 Å². The maximum atomic E-state index is 11.7. The second-order valence-electron chi connectivity index (χ2n) is 6.11. The Morgan fingerprint density at radius 3 is 2.43 bits per heavy atom. The summed E-state index contributed by atoms with van der Waals surface area (Å²) in [4.78, 5) is 20.9. The third-order valence-corrected chi connectivity index (χ3v) is 4.69. The van der Waals surface area contributed by atoms with Crippen molar-refractivity contribution in [3.05, 3.63) is 29.8 Å². The molecule has 4 rings (SSSR count). The van der Waals surface area contributed by atoms with E-state index in [9.17, 15) is 9.90 Å². The van der Waals surface area contributed by atoms with E-state index in [0.717, 1.165) is 31.2 Å². The second kappa shape index (κ2) is 5.22. The van der Waals surface area contributed by atoms with E-state index in [1.165, 1.54) is 6.42 Å². The number of hydrogen-bond donors (Lipinski definition) is 2. The zero-order valence-electron chi connectivity index (χ0n) is 12.7. The van der Waals surface area contributed by atoms with Gasteiger partial charge in [0.25, 0.3) is 0 Å². The van der Waals surface area contributed by atoms with Gasteiger partial charge in [-0.1, -0.05) is 31.4 Å². The van der Waals surface area contributed by atoms with Gasteiger partial charge in [0.2, 0.25) is 0 Å². The van der Waals surface area contributed by atoms with Crippen LogP contribution in [0, 0.1) is 0 Å². The fourth-order valence-corrected chi connectivity index (χ4v) is 3.60. The molecule has 6 nitrogen and oxygen atoms in total. The fourth-order valence-electron chi connectivity index (χ4n) is 3.60. The molecule has 1 aliphatic rings. The Morgan fingerprint density at radius 2 is 1.78 bits per heavy atom. The van der Waals surface area contributed by atoms with Crippen molar-refractivity contribution in [3.63, 3.8) is 0 Å². The summed E-state index contributed by atoms with van der Waals surface area (Å²) in [6.07, 6.45) is 5.49. The topological polar surface area (TPSA) is 94.0 Å². The molecule has 0 aliphatic heterocycles. The molecule has 1 saturated carbocycles. The van der Waals surface area contributed by atoms with Gasteiger partial charge in [0.15, 0.2) is 5.65 Å². The molecule has 118 valence electrons. The molecule has 0 spiro atoms. The number of nitrogens with two attached hydrogens (primary N) is 1. The number of anilines is 1. The van der Waals surface area contributed by atoms with E-state index in [-0.39, 0.29) is 17.4 Å². The van der Waals surface area contributed by atoms with Gasteiger partial charge in [-0.25, -0.2) is 14.8 Å². The number of carboxylic acids is 1. The summed E-state index contributed by atoms with van der Waals surface area (Å²) < 4.78 is 1.90. The lowest BCUT2D eigenvalue weighted by Crippen LogP contribution is -2.16. The van der Waals surface area contributed by atoms with Crippen molar-refractivity contribution in [2.75, 3.05) is 5.73 Å². The number of nitrogens with zero attached hydrogens (tertiary/aromatic N) is 3. The van der Waals surface area contributed by atoms with Crippen LogP contribution in [0.1, 0.15) is 48.5 Å². The van der Waals surface area contributed by atoms with Crippen LogP contribution in [0.5, 0.6) is 0 Å². The number of carboxylic acid groups (broad SMARTS) is 1. The number of aromatic nitrogens is 3. The summed E-state index contributed by atoms with van der Waals surface area (Å²) in [7, 11) is 0. The number of benzene rings is 1. The summed E-state index contributed by atoms with van der Waals surface area (Å²) in [5.41, 5.74) is 8.70. The standard InChI is InChI=1S/C17H18N4O2/c18-15-13(17(22)23)14-16(21(15)10-6-2-1-3-7-10)20-12-9-5-4-8-11(12)19-14/h4-5,8-10H,1-3,6-7,18H2,(H,22,23). The molecule has 0 bridgehead atoms. The maximum absolute atomic E-state index is 11.7. The average Bonchev–Trinajstić information content (AvgIpc) is 2.84. The minimum Gasteiger partial charge on any atom is -0.477 e. The molecule has 1 aliphatic carbocycles. The minimum atomic E-state index is -1.05. The predicted octanol–water partition coefficient (Wildman–Crippen LogP) is 3.37. The molecule has 0 amide bonds. The first-order valence-corrected chi connectivity index (χ1v) is 7.96. The Morgan fingerprint density at radius 1 is 1.13 bits per heavy atom. The smallest absolute Gasteiger partial charge is 0.341 e. The summed E-state index contributed by atoms with van der Waals surface area (Å²) >= 11 is 0. The van der Waals surface area contributed by atoms with E-state index in [1.54, 1.807) is 0 Å². The number of rotatable bonds is 2. The maximum Gasteiger partial charge on any atom is 0.341 e. The summed E-state index contributed by atoms with van der Waals surface area (Å²) in [6.45, 7) is 0. The van der Waals surface area contributed by atoms with Gasteiger partial charge in [0.05, 0.1) is 11.0 Å². The SMILES string of the molecule is Nc1c(C(=O)O)c2nc3ccccc3nc2n1C1CCCCC1. The Balaban J connectivity index is 2.05. The zero-order chi connectivity index (χ0) is 16.0. The Hall–Kier alpha value is -2.63. The summed E-state index contributed by atoms with van der Waals surface area (Å²) in [5.74, 6) is -0.777. The highest BCUT2D eigenvalue weighted by Gasteiger charge is 2.28. The van der Waals surface area contributed by atoms with Crippen molar-refractivity contribution >= 4 is 34.0 Å². The minimum absolute atomic E-state index is 0.0730. The Labute approximate surface area is 132 Å². The molecule has 3 N–H and O–H groups in total. The average molecular weight is 310 g/mol. The molecule has 0 saturated heterocycles. The normalized spacial score (nSPS) is 16.2. The number of carbonyl (C=O) groups is 1. The quantitative estimate of drug-likeness (QED) is 0.756. The van der Waals surface area contributed by atoms with Gasteiger partial charge < -0.3 is 15.4 Å². The molecule has 2 heterocycles. The highest BCUT2D eigenvalue weighted by atomic mass is 16.4. The molecule has 23 heavy (non-hydrogen) atoms. The Bertz CT molecular complexity index is 910. The van der Waals surface area contributed by atoms with Crippen molar-refractivity contribution in [2.24, 2.45) is 0 Å². The second-order valence-corrected chi connectivity index (χ2v) is 6.11. The first kappa shape index (κ1) is 14.0. The van der Waals surface area contributed by atoms with Crippen molar-refractivity contribution in [1.82, 2.24) is 14.5 Å². The molecular weight excluding hydrogens is 292 g/mol. The van der Waals surface area contributed by atoms with Gasteiger partial charge in [0.1, 0.15) is 16.9 Å². The van der Waals surface area contributed by atoms with E-state index >= 15 is 0 Å². The molecule has 1 fully saturated rings. The third-order valence-electron chi connectivity index (χ3n) is 4.69. The number of aromatic carboxylic acids is 1. The molecule has 1 aromatic carbocycles. The lowest BCUT2D eigenvalue weighted by atomic mass is 9.95. The van der Waals surface area contributed by atoms with Gasteiger partial charge >= 0.3 is 5.97 Å². The van der Waals surface area contributed by atoms with Crippen LogP contribution in [0.3, 0.4) is 0 Å². The van der Waals surface area contributed by atoms with Crippen LogP contribution in [0.15, 0.2) is 24.3 Å². The third kappa shape index (κ3) is 2.13. The van der Waals surface area contributed by atoms with E-state index in [2.05, 4.69) is 9.97 Å². The summed E-state index contributed by atoms with van der Waals surface area (Å²) in [6, 6.07) is 7.69. The van der Waals surface area contributed by atoms with Gasteiger partial charge in [-0.3, -0.25) is 0 Å². The van der Waals surface area contributed by atoms with E-state index in [1.807, 2.05) is 28.8 Å². The number of hydrogen-bond acceptors (Lipinski definition) is 4. The van der Waals surface area contributed by atoms with Gasteiger partial charge in [-0.2, -0.15) is 0 Å². The largest absolute Gasteiger partial charge is 0.477 e. The lowest BCUT2D eigenvalue weighted by Gasteiger charge is -2.24. The monoisotopic (exact) mass is 310 g/mol. The van der Waals surface area contributed by atoms with Crippen LogP contribution in [0.25, 0.3) is 22.2 Å². The van der Waals surface area contributed by atoms with Crippen LogP contribution in [-0.4, -0.2) is 25.6 Å². The molecule has 2 aromatic heterocycles. The first-order chi connectivity index (χ1) is 11.2. The number of para-hydroxylation sites is 2. The van der Waals surface area contributed by atoms with Crippen LogP contribution >= 0.6 is 0 Å². The van der Waals surface area contributed by atoms with Crippen LogP contribution in [-0.2, 0) is 0 Å². The number of nitrogen functional groups attached to an aromatic ring is 1. The zero-order valence-corrected chi connectivity index (χ0v) is 12.7. The highest BCUT2D eigenvalue weighted by Crippen LogP contribution is 2.36. The van der Waals surface area contributed by atoms with Crippen LogP contribution in [0.2, 0.25) is 0 Å². The molecule has 0 atom stereocenters. The number of fused-ring (bicyclic) bond motifs is 2. The van der Waals surface area contributed by atoms with Crippen LogP contribution < -0.4 is 5.73 Å². The van der Waals surface area contributed by atoms with E-state index < -0.39 is 5.97 Å². The van der Waals surface area contributed by atoms with Crippen molar-refractivity contribution in [2.45, 2.75) is 38.1 Å². The van der Waals surface area contributed by atoms with E-state index in [0.29, 0.717) is 16.7 Å². The first-order valence-electron chi connectivity index (χ1n) is 7.96. The van der Waals surface area contributed by atoms with Crippen LogP contribution in [0.4, 0.5) is 5.82 Å². The predicted molar refractivity (Wildman–Crippen MR) is 88.5 cm³/mol. The molecule has 0 radical (unpaired) electrons. The van der Waals surface area contributed by atoms with Gasteiger partial charge in [-0.15, -0.1) is 0 Å². The lowest BCUT2D eigenvalue weighted by molar-refractivity contribution is 0.0699. The van der Waals surface area contributed by atoms with Gasteiger partial charge in [-0.05, 0) is 25.0 Å². The summed E-state index contributed by atoms with van der Waals surface area (Å²) in [5, 5.41) is 9.59.